The van der Waals surface area contributed by atoms with E-state index >= 15 is 0 Å². The Balaban J connectivity index is 1.48. The van der Waals surface area contributed by atoms with E-state index in [4.69, 9.17) is 16.3 Å². The Morgan fingerprint density at radius 3 is 2.83 bits per heavy atom. The third-order valence-electron chi connectivity index (χ3n) is 4.89. The first-order chi connectivity index (χ1) is 14.5. The van der Waals surface area contributed by atoms with E-state index in [1.54, 1.807) is 35.4 Å². The van der Waals surface area contributed by atoms with Crippen LogP contribution in [0.5, 0.6) is 11.6 Å². The molecule has 2 aromatic carbocycles. The van der Waals surface area contributed by atoms with Crippen LogP contribution in [0.4, 0.5) is 11.4 Å². The molecule has 0 unspecified atom stereocenters. The number of amides is 2. The van der Waals surface area contributed by atoms with Crippen LogP contribution < -0.4 is 15.0 Å². The maximum atomic E-state index is 13.0. The molecule has 1 aliphatic rings. The minimum absolute atomic E-state index is 0.0549. The smallest absolute Gasteiger partial charge is 0.243 e. The second-order valence-electron chi connectivity index (χ2n) is 7.02. The highest BCUT2D eigenvalue weighted by Gasteiger charge is 2.26. The molecule has 1 aromatic heterocycles. The van der Waals surface area contributed by atoms with E-state index in [9.17, 15) is 9.59 Å². The summed E-state index contributed by atoms with van der Waals surface area (Å²) in [5.74, 6) is 0.617. The van der Waals surface area contributed by atoms with Crippen molar-refractivity contribution in [2.45, 2.75) is 26.3 Å². The van der Waals surface area contributed by atoms with Gasteiger partial charge in [0.05, 0.1) is 6.54 Å². The second-order valence-corrected chi connectivity index (χ2v) is 7.46. The molecular weight excluding hydrogens is 402 g/mol. The number of benzene rings is 2. The van der Waals surface area contributed by atoms with Gasteiger partial charge in [-0.1, -0.05) is 35.9 Å². The quantitative estimate of drug-likeness (QED) is 0.636. The van der Waals surface area contributed by atoms with Crippen molar-refractivity contribution >= 4 is 34.8 Å². The summed E-state index contributed by atoms with van der Waals surface area (Å²) >= 11 is 6.00. The fourth-order valence-electron chi connectivity index (χ4n) is 3.28. The maximum Gasteiger partial charge on any atom is 0.243 e. The van der Waals surface area contributed by atoms with Crippen molar-refractivity contribution in [1.82, 2.24) is 4.98 Å². The lowest BCUT2D eigenvalue weighted by Gasteiger charge is -2.21. The second kappa shape index (κ2) is 8.55. The SMILES string of the molecule is Cc1ccc(Cl)cc1NC(=O)CCC(=O)N1Cc2ccccc2Oc2ncccc21. The van der Waals surface area contributed by atoms with E-state index in [0.29, 0.717) is 34.6 Å². The number of hydrogen-bond acceptors (Lipinski definition) is 4. The van der Waals surface area contributed by atoms with Crippen LogP contribution >= 0.6 is 11.6 Å². The van der Waals surface area contributed by atoms with Crippen LogP contribution in [0.3, 0.4) is 0 Å². The van der Waals surface area contributed by atoms with Crippen LogP contribution in [-0.4, -0.2) is 16.8 Å². The number of para-hydroxylation sites is 1. The van der Waals surface area contributed by atoms with E-state index < -0.39 is 0 Å². The summed E-state index contributed by atoms with van der Waals surface area (Å²) in [6, 6.07) is 16.4. The average Bonchev–Trinajstić information content (AvgIpc) is 2.91. The Bertz CT molecular complexity index is 1120. The molecule has 7 heteroatoms. The lowest BCUT2D eigenvalue weighted by atomic mass is 10.1. The number of halogens is 1. The number of aryl methyl sites for hydroxylation is 1. The monoisotopic (exact) mass is 421 g/mol. The molecule has 0 radical (unpaired) electrons. The Kier molecular flexibility index (Phi) is 5.68. The van der Waals surface area contributed by atoms with E-state index in [2.05, 4.69) is 10.3 Å². The van der Waals surface area contributed by atoms with Gasteiger partial charge in [-0.15, -0.1) is 0 Å². The molecule has 4 rings (SSSR count). The fraction of sp³-hybridized carbons (Fsp3) is 0.174. The first-order valence-electron chi connectivity index (χ1n) is 9.58. The minimum Gasteiger partial charge on any atom is -0.437 e. The van der Waals surface area contributed by atoms with E-state index in [-0.39, 0.29) is 24.7 Å². The van der Waals surface area contributed by atoms with Gasteiger partial charge in [-0.05, 0) is 42.8 Å². The summed E-state index contributed by atoms with van der Waals surface area (Å²) < 4.78 is 5.92. The molecule has 3 aromatic rings. The molecule has 0 aliphatic carbocycles. The summed E-state index contributed by atoms with van der Waals surface area (Å²) in [5.41, 5.74) is 3.01. The van der Waals surface area contributed by atoms with Crippen molar-refractivity contribution in [2.24, 2.45) is 0 Å². The van der Waals surface area contributed by atoms with Crippen LogP contribution in [0, 0.1) is 6.92 Å². The maximum absolute atomic E-state index is 13.0. The number of pyridine rings is 1. The number of nitrogens with zero attached hydrogens (tertiary/aromatic N) is 2. The number of fused-ring (bicyclic) bond motifs is 2. The van der Waals surface area contributed by atoms with Crippen molar-refractivity contribution in [3.63, 3.8) is 0 Å². The van der Waals surface area contributed by atoms with Gasteiger partial charge in [0.25, 0.3) is 0 Å². The third-order valence-corrected chi connectivity index (χ3v) is 5.13. The lowest BCUT2D eigenvalue weighted by Crippen LogP contribution is -2.30. The number of carbonyl (C=O) groups excluding carboxylic acids is 2. The number of anilines is 2. The van der Waals surface area contributed by atoms with Crippen LogP contribution in [0.15, 0.2) is 60.8 Å². The molecule has 1 N–H and O–H groups in total. The van der Waals surface area contributed by atoms with Crippen LogP contribution in [0.2, 0.25) is 5.02 Å². The third kappa shape index (κ3) is 4.28. The molecule has 152 valence electrons. The number of carbonyl (C=O) groups is 2. The number of rotatable bonds is 4. The van der Waals surface area contributed by atoms with Gasteiger partial charge in [-0.2, -0.15) is 0 Å². The number of aromatic nitrogens is 1. The number of nitrogens with one attached hydrogen (secondary N) is 1. The highest BCUT2D eigenvalue weighted by molar-refractivity contribution is 6.31. The average molecular weight is 422 g/mol. The van der Waals surface area contributed by atoms with Crippen molar-refractivity contribution in [3.8, 4) is 11.6 Å². The van der Waals surface area contributed by atoms with Crippen molar-refractivity contribution < 1.29 is 14.3 Å². The fourth-order valence-corrected chi connectivity index (χ4v) is 3.45. The first kappa shape index (κ1) is 19.9. The topological polar surface area (TPSA) is 71.5 Å². The predicted octanol–water partition coefficient (Wildman–Crippen LogP) is 5.10. The summed E-state index contributed by atoms with van der Waals surface area (Å²) in [6.45, 7) is 2.23. The summed E-state index contributed by atoms with van der Waals surface area (Å²) in [4.78, 5) is 31.3. The molecule has 1 aliphatic heterocycles. The van der Waals surface area contributed by atoms with Gasteiger partial charge >= 0.3 is 0 Å². The predicted molar refractivity (Wildman–Crippen MR) is 116 cm³/mol. The molecule has 0 saturated carbocycles. The first-order valence-corrected chi connectivity index (χ1v) is 9.96. The molecule has 30 heavy (non-hydrogen) atoms. The highest BCUT2D eigenvalue weighted by Crippen LogP contribution is 2.37. The van der Waals surface area contributed by atoms with Gasteiger partial charge in [-0.25, -0.2) is 4.98 Å². The Hall–Kier alpha value is -3.38. The molecule has 0 spiro atoms. The van der Waals surface area contributed by atoms with Crippen molar-refractivity contribution in [2.75, 3.05) is 10.2 Å². The van der Waals surface area contributed by atoms with E-state index in [1.807, 2.05) is 37.3 Å². The zero-order valence-electron chi connectivity index (χ0n) is 16.4. The lowest BCUT2D eigenvalue weighted by molar-refractivity contribution is -0.122. The zero-order chi connectivity index (χ0) is 21.1. The van der Waals surface area contributed by atoms with Crippen LogP contribution in [0.1, 0.15) is 24.0 Å². The van der Waals surface area contributed by atoms with Gasteiger partial charge in [0.15, 0.2) is 0 Å². The normalized spacial score (nSPS) is 12.3. The standard InChI is InChI=1S/C23H20ClN3O3/c1-15-8-9-17(24)13-18(15)26-21(28)10-11-22(29)27-14-16-5-2-3-7-20(16)30-23-19(27)6-4-12-25-23/h2-9,12-13H,10-11,14H2,1H3,(H,26,28). The Labute approximate surface area is 179 Å². The van der Waals surface area contributed by atoms with Crippen molar-refractivity contribution in [1.29, 1.82) is 0 Å². The molecule has 6 nitrogen and oxygen atoms in total. The van der Waals surface area contributed by atoms with Crippen molar-refractivity contribution in [3.05, 3.63) is 76.9 Å². The molecule has 0 bridgehead atoms. The van der Waals surface area contributed by atoms with E-state index in [0.717, 1.165) is 11.1 Å². The molecule has 2 heterocycles. The molecule has 0 fully saturated rings. The van der Waals surface area contributed by atoms with Gasteiger partial charge in [0.1, 0.15) is 11.4 Å². The largest absolute Gasteiger partial charge is 0.437 e. The number of hydrogen-bond donors (Lipinski definition) is 1. The highest BCUT2D eigenvalue weighted by atomic mass is 35.5. The molecule has 0 saturated heterocycles. The molecule has 0 atom stereocenters. The van der Waals surface area contributed by atoms with Gasteiger partial charge in [-0.3, -0.25) is 9.59 Å². The summed E-state index contributed by atoms with van der Waals surface area (Å²) in [6.07, 6.45) is 1.73. The Morgan fingerprint density at radius 1 is 1.13 bits per heavy atom. The molecular formula is C23H20ClN3O3. The Morgan fingerprint density at radius 2 is 1.97 bits per heavy atom. The summed E-state index contributed by atoms with van der Waals surface area (Å²) in [7, 11) is 0. The summed E-state index contributed by atoms with van der Waals surface area (Å²) in [5, 5.41) is 3.37. The van der Waals surface area contributed by atoms with E-state index in [1.165, 1.54) is 0 Å². The van der Waals surface area contributed by atoms with Crippen LogP contribution in [-0.2, 0) is 16.1 Å². The van der Waals surface area contributed by atoms with Crippen LogP contribution in [0.25, 0.3) is 0 Å². The minimum atomic E-state index is -0.244. The van der Waals surface area contributed by atoms with Gasteiger partial charge < -0.3 is 15.0 Å². The number of ether oxygens (including phenoxy) is 1. The zero-order valence-corrected chi connectivity index (χ0v) is 17.1. The van der Waals surface area contributed by atoms with Gasteiger partial charge in [0.2, 0.25) is 17.7 Å². The molecule has 2 amide bonds. The van der Waals surface area contributed by atoms with Gasteiger partial charge in [0, 0.05) is 35.3 Å².